The van der Waals surface area contributed by atoms with Gasteiger partial charge in [0.25, 0.3) is 0 Å². The van der Waals surface area contributed by atoms with E-state index in [1.807, 2.05) is 19.3 Å². The van der Waals surface area contributed by atoms with Crippen molar-refractivity contribution in [2.24, 2.45) is 5.84 Å². The molecule has 0 amide bonds. The minimum absolute atomic E-state index is 0.390. The van der Waals surface area contributed by atoms with Crippen molar-refractivity contribution in [1.82, 2.24) is 10.3 Å². The Morgan fingerprint density at radius 1 is 1.64 bits per heavy atom. The smallest absolute Gasteiger partial charge is 0.0537 e. The standard InChI is InChI=1S/C8H15N3/c1-6-7(2)10-5-4-8(6)11(3)9/h4-5,7,10H,9H2,1-3H3. The highest BCUT2D eigenvalue weighted by Gasteiger charge is 2.11. The highest BCUT2D eigenvalue weighted by Crippen LogP contribution is 2.14. The summed E-state index contributed by atoms with van der Waals surface area (Å²) in [5.74, 6) is 5.62. The molecular weight excluding hydrogens is 138 g/mol. The van der Waals surface area contributed by atoms with E-state index in [2.05, 4.69) is 19.2 Å². The third-order valence-corrected chi connectivity index (χ3v) is 2.02. The summed E-state index contributed by atoms with van der Waals surface area (Å²) in [6.45, 7) is 4.20. The molecule has 0 saturated heterocycles. The van der Waals surface area contributed by atoms with E-state index in [0.29, 0.717) is 6.04 Å². The molecule has 0 aliphatic carbocycles. The van der Waals surface area contributed by atoms with E-state index in [0.717, 1.165) is 5.70 Å². The van der Waals surface area contributed by atoms with Crippen LogP contribution in [0.5, 0.6) is 0 Å². The predicted molar refractivity (Wildman–Crippen MR) is 46.4 cm³/mol. The number of allylic oxidation sites excluding steroid dienone is 1. The van der Waals surface area contributed by atoms with E-state index in [4.69, 9.17) is 5.84 Å². The lowest BCUT2D eigenvalue weighted by atomic mass is 10.1. The van der Waals surface area contributed by atoms with Gasteiger partial charge < -0.3 is 10.3 Å². The maximum Gasteiger partial charge on any atom is 0.0537 e. The van der Waals surface area contributed by atoms with Crippen LogP contribution in [0, 0.1) is 0 Å². The highest BCUT2D eigenvalue weighted by atomic mass is 15.4. The highest BCUT2D eigenvalue weighted by molar-refractivity contribution is 5.29. The lowest BCUT2D eigenvalue weighted by Gasteiger charge is -2.25. The first-order valence-corrected chi connectivity index (χ1v) is 3.74. The van der Waals surface area contributed by atoms with E-state index < -0.39 is 0 Å². The zero-order chi connectivity index (χ0) is 8.43. The molecule has 1 atom stereocenters. The molecule has 62 valence electrons. The average Bonchev–Trinajstić information content (AvgIpc) is 1.94. The molecule has 0 bridgehead atoms. The monoisotopic (exact) mass is 153 g/mol. The Kier molecular flexibility index (Phi) is 2.19. The molecule has 0 aromatic carbocycles. The normalized spacial score (nSPS) is 23.5. The van der Waals surface area contributed by atoms with Crippen molar-refractivity contribution in [3.63, 3.8) is 0 Å². The van der Waals surface area contributed by atoms with Gasteiger partial charge in [-0.25, -0.2) is 5.84 Å². The van der Waals surface area contributed by atoms with E-state index >= 15 is 0 Å². The Labute approximate surface area is 67.5 Å². The number of hydrazine groups is 1. The van der Waals surface area contributed by atoms with Crippen molar-refractivity contribution in [3.8, 4) is 0 Å². The Hall–Kier alpha value is -0.960. The maximum atomic E-state index is 5.62. The number of hydrogen-bond acceptors (Lipinski definition) is 3. The topological polar surface area (TPSA) is 41.3 Å². The van der Waals surface area contributed by atoms with Crippen molar-refractivity contribution >= 4 is 0 Å². The number of rotatable bonds is 1. The van der Waals surface area contributed by atoms with Gasteiger partial charge in [-0.2, -0.15) is 0 Å². The van der Waals surface area contributed by atoms with Gasteiger partial charge in [0.1, 0.15) is 0 Å². The van der Waals surface area contributed by atoms with Crippen molar-refractivity contribution in [2.75, 3.05) is 7.05 Å². The third-order valence-electron chi connectivity index (χ3n) is 2.02. The summed E-state index contributed by atoms with van der Waals surface area (Å²) >= 11 is 0. The fraction of sp³-hybridized carbons (Fsp3) is 0.500. The first kappa shape index (κ1) is 8.14. The Morgan fingerprint density at radius 2 is 2.27 bits per heavy atom. The Morgan fingerprint density at radius 3 is 2.73 bits per heavy atom. The number of dihydropyridines is 1. The van der Waals surface area contributed by atoms with Crippen LogP contribution >= 0.6 is 0 Å². The molecule has 1 heterocycles. The fourth-order valence-corrected chi connectivity index (χ4v) is 1.15. The second kappa shape index (κ2) is 2.96. The lowest BCUT2D eigenvalue weighted by Crippen LogP contribution is -2.33. The van der Waals surface area contributed by atoms with Crippen LogP contribution in [-0.2, 0) is 0 Å². The summed E-state index contributed by atoms with van der Waals surface area (Å²) in [6, 6.07) is 0.390. The SMILES string of the molecule is CC1=C(N(C)N)C=CNC1C. The van der Waals surface area contributed by atoms with Crippen molar-refractivity contribution in [1.29, 1.82) is 0 Å². The van der Waals surface area contributed by atoms with Gasteiger partial charge in [-0.3, -0.25) is 0 Å². The molecule has 1 unspecified atom stereocenters. The summed E-state index contributed by atoms with van der Waals surface area (Å²) in [7, 11) is 1.85. The molecule has 1 aliphatic heterocycles. The van der Waals surface area contributed by atoms with Crippen LogP contribution in [0.3, 0.4) is 0 Å². The molecule has 0 spiro atoms. The second-order valence-corrected chi connectivity index (χ2v) is 2.90. The Balaban J connectivity index is 2.89. The van der Waals surface area contributed by atoms with Crippen molar-refractivity contribution in [3.05, 3.63) is 23.5 Å². The lowest BCUT2D eigenvalue weighted by molar-refractivity contribution is 0.439. The fourth-order valence-electron chi connectivity index (χ4n) is 1.15. The molecule has 11 heavy (non-hydrogen) atoms. The summed E-state index contributed by atoms with van der Waals surface area (Å²) in [5, 5.41) is 4.84. The molecular formula is C8H15N3. The quantitative estimate of drug-likeness (QED) is 0.427. The minimum atomic E-state index is 0.390. The second-order valence-electron chi connectivity index (χ2n) is 2.90. The third kappa shape index (κ3) is 1.54. The average molecular weight is 153 g/mol. The molecule has 0 aromatic rings. The summed E-state index contributed by atoms with van der Waals surface area (Å²) < 4.78 is 0. The van der Waals surface area contributed by atoms with Crippen molar-refractivity contribution < 1.29 is 0 Å². The summed E-state index contributed by atoms with van der Waals surface area (Å²) in [4.78, 5) is 0. The van der Waals surface area contributed by atoms with Gasteiger partial charge >= 0.3 is 0 Å². The number of nitrogens with two attached hydrogens (primary N) is 1. The van der Waals surface area contributed by atoms with E-state index in [-0.39, 0.29) is 0 Å². The molecule has 0 fully saturated rings. The largest absolute Gasteiger partial charge is 0.385 e. The minimum Gasteiger partial charge on any atom is -0.385 e. The molecule has 0 saturated carbocycles. The van der Waals surface area contributed by atoms with Crippen LogP contribution < -0.4 is 11.2 Å². The van der Waals surface area contributed by atoms with Crippen LogP contribution in [-0.4, -0.2) is 18.1 Å². The van der Waals surface area contributed by atoms with Gasteiger partial charge in [0, 0.05) is 13.1 Å². The maximum absolute atomic E-state index is 5.62. The molecule has 0 radical (unpaired) electrons. The van der Waals surface area contributed by atoms with Crippen LogP contribution in [0.25, 0.3) is 0 Å². The van der Waals surface area contributed by atoms with E-state index in [1.165, 1.54) is 5.57 Å². The van der Waals surface area contributed by atoms with Crippen LogP contribution in [0.15, 0.2) is 23.5 Å². The van der Waals surface area contributed by atoms with Gasteiger partial charge in [-0.05, 0) is 31.7 Å². The number of nitrogens with one attached hydrogen (secondary N) is 1. The molecule has 1 aliphatic rings. The van der Waals surface area contributed by atoms with Gasteiger partial charge in [-0.15, -0.1) is 0 Å². The molecule has 0 aromatic heterocycles. The molecule has 3 N–H and O–H groups in total. The zero-order valence-corrected chi connectivity index (χ0v) is 7.26. The van der Waals surface area contributed by atoms with Gasteiger partial charge in [0.15, 0.2) is 0 Å². The first-order valence-electron chi connectivity index (χ1n) is 3.74. The predicted octanol–water partition coefficient (Wildman–Crippen LogP) is 0.571. The van der Waals surface area contributed by atoms with E-state index in [1.54, 1.807) is 5.01 Å². The van der Waals surface area contributed by atoms with Gasteiger partial charge in [0.05, 0.1) is 5.70 Å². The van der Waals surface area contributed by atoms with Crippen LogP contribution in [0.1, 0.15) is 13.8 Å². The molecule has 3 heteroatoms. The van der Waals surface area contributed by atoms with Crippen LogP contribution in [0.2, 0.25) is 0 Å². The summed E-state index contributed by atoms with van der Waals surface area (Å²) in [5.41, 5.74) is 2.37. The number of hydrogen-bond donors (Lipinski definition) is 2. The zero-order valence-electron chi connectivity index (χ0n) is 7.26. The van der Waals surface area contributed by atoms with Crippen LogP contribution in [0.4, 0.5) is 0 Å². The number of likely N-dealkylation sites (N-methyl/N-ethyl adjacent to an activating group) is 1. The molecule has 1 rings (SSSR count). The van der Waals surface area contributed by atoms with Gasteiger partial charge in [0.2, 0.25) is 0 Å². The van der Waals surface area contributed by atoms with E-state index in [9.17, 15) is 0 Å². The number of nitrogens with zero attached hydrogens (tertiary/aromatic N) is 1. The Bertz CT molecular complexity index is 203. The first-order chi connectivity index (χ1) is 5.13. The summed E-state index contributed by atoms with van der Waals surface area (Å²) in [6.07, 6.45) is 3.91. The molecule has 3 nitrogen and oxygen atoms in total. The van der Waals surface area contributed by atoms with Crippen molar-refractivity contribution in [2.45, 2.75) is 19.9 Å². The van der Waals surface area contributed by atoms with Gasteiger partial charge in [-0.1, -0.05) is 0 Å².